The Morgan fingerprint density at radius 2 is 1.91 bits per heavy atom. The number of para-hydroxylation sites is 1. The van der Waals surface area contributed by atoms with Crippen molar-refractivity contribution in [3.8, 4) is 17.1 Å². The van der Waals surface area contributed by atoms with Gasteiger partial charge in [-0.05, 0) is 52.3 Å². The molecule has 1 N–H and O–H groups in total. The van der Waals surface area contributed by atoms with E-state index in [0.29, 0.717) is 11.4 Å². The number of hydrogen-bond acceptors (Lipinski definition) is 4. The summed E-state index contributed by atoms with van der Waals surface area (Å²) in [4.78, 5) is 16.5. The number of amides is 1. The molecule has 23 heavy (non-hydrogen) atoms. The number of hydrogen-bond donors (Lipinski definition) is 1. The predicted molar refractivity (Wildman–Crippen MR) is 90.6 cm³/mol. The molecule has 3 aromatic rings. The van der Waals surface area contributed by atoms with Crippen molar-refractivity contribution in [2.45, 2.75) is 0 Å². The number of methoxy groups -OCH3 is 1. The maximum absolute atomic E-state index is 12.5. The van der Waals surface area contributed by atoms with Crippen LogP contribution in [0.3, 0.4) is 0 Å². The third-order valence-electron chi connectivity index (χ3n) is 3.26. The van der Waals surface area contributed by atoms with Gasteiger partial charge in [0.1, 0.15) is 5.75 Å². The maximum atomic E-state index is 12.5. The van der Waals surface area contributed by atoms with Crippen LogP contribution in [0.2, 0.25) is 0 Å². The van der Waals surface area contributed by atoms with E-state index in [2.05, 4.69) is 26.2 Å². The Morgan fingerprint density at radius 1 is 1.17 bits per heavy atom. The van der Waals surface area contributed by atoms with Gasteiger partial charge in [-0.3, -0.25) is 4.79 Å². The van der Waals surface area contributed by atoms with Gasteiger partial charge in [-0.15, -0.1) is 0 Å². The highest BCUT2D eigenvalue weighted by atomic mass is 79.9. The molecule has 0 aliphatic rings. The number of nitrogens with one attached hydrogen (secondary N) is 1. The van der Waals surface area contributed by atoms with Gasteiger partial charge in [-0.25, -0.2) is 4.98 Å². The first kappa shape index (κ1) is 15.3. The number of carbonyl (C=O) groups excluding carboxylic acids is 1. The highest BCUT2D eigenvalue weighted by Gasteiger charge is 2.19. The monoisotopic (exact) mass is 372 g/mol. The van der Waals surface area contributed by atoms with Crippen LogP contribution in [0.4, 0.5) is 5.69 Å². The van der Waals surface area contributed by atoms with Gasteiger partial charge >= 0.3 is 0 Å². The summed E-state index contributed by atoms with van der Waals surface area (Å²) in [5.41, 5.74) is 1.65. The first-order chi connectivity index (χ1) is 11.2. The van der Waals surface area contributed by atoms with Crippen molar-refractivity contribution in [1.82, 2.24) is 4.98 Å². The molecule has 1 heterocycles. The quantitative estimate of drug-likeness (QED) is 0.738. The number of ether oxygens (including phenoxy) is 1. The molecule has 0 atom stereocenters. The van der Waals surface area contributed by atoms with Crippen LogP contribution in [0, 0.1) is 0 Å². The molecular weight excluding hydrogens is 360 g/mol. The lowest BCUT2D eigenvalue weighted by Crippen LogP contribution is -2.13. The Kier molecular flexibility index (Phi) is 4.43. The van der Waals surface area contributed by atoms with Crippen molar-refractivity contribution in [2.75, 3.05) is 12.4 Å². The number of halogens is 1. The van der Waals surface area contributed by atoms with Crippen LogP contribution in [0.5, 0.6) is 5.75 Å². The van der Waals surface area contributed by atoms with E-state index in [4.69, 9.17) is 9.15 Å². The fourth-order valence-corrected chi connectivity index (χ4v) is 2.48. The summed E-state index contributed by atoms with van der Waals surface area (Å²) in [6.07, 6.45) is 1.26. The third-order valence-corrected chi connectivity index (χ3v) is 3.95. The molecule has 0 spiro atoms. The summed E-state index contributed by atoms with van der Waals surface area (Å²) in [5, 5.41) is 2.81. The molecule has 0 saturated heterocycles. The van der Waals surface area contributed by atoms with Crippen molar-refractivity contribution in [1.29, 1.82) is 0 Å². The summed E-state index contributed by atoms with van der Waals surface area (Å²) in [6, 6.07) is 14.6. The van der Waals surface area contributed by atoms with Crippen molar-refractivity contribution < 1.29 is 13.9 Å². The molecule has 0 fully saturated rings. The molecule has 5 nitrogen and oxygen atoms in total. The zero-order chi connectivity index (χ0) is 16.2. The van der Waals surface area contributed by atoms with Gasteiger partial charge in [0.2, 0.25) is 0 Å². The van der Waals surface area contributed by atoms with E-state index in [0.717, 1.165) is 15.8 Å². The molecule has 0 bridgehead atoms. The van der Waals surface area contributed by atoms with Gasteiger partial charge in [0.05, 0.1) is 12.8 Å². The average molecular weight is 373 g/mol. The lowest BCUT2D eigenvalue weighted by molar-refractivity contribution is 0.102. The first-order valence-electron chi connectivity index (χ1n) is 6.83. The topological polar surface area (TPSA) is 64.4 Å². The van der Waals surface area contributed by atoms with Crippen molar-refractivity contribution in [3.63, 3.8) is 0 Å². The highest BCUT2D eigenvalue weighted by Crippen LogP contribution is 2.27. The van der Waals surface area contributed by atoms with E-state index >= 15 is 0 Å². The molecule has 0 radical (unpaired) electrons. The third kappa shape index (κ3) is 3.27. The minimum Gasteiger partial charge on any atom is -0.497 e. The van der Waals surface area contributed by atoms with Crippen LogP contribution in [-0.2, 0) is 0 Å². The second-order valence-corrected chi connectivity index (χ2v) is 5.55. The Morgan fingerprint density at radius 3 is 2.61 bits per heavy atom. The Hall–Kier alpha value is -2.60. The van der Waals surface area contributed by atoms with E-state index in [9.17, 15) is 4.79 Å². The largest absolute Gasteiger partial charge is 0.497 e. The standard InChI is InChI=1S/C17H13BrN2O3/c1-22-12-8-6-11(7-9-12)16-15(19-10-23-16)17(21)20-14-5-3-2-4-13(14)18/h2-10H,1H3,(H,20,21). The summed E-state index contributed by atoms with van der Waals surface area (Å²) < 4.78 is 11.3. The Bertz CT molecular complexity index is 828. The predicted octanol–water partition coefficient (Wildman–Crippen LogP) is 4.37. The minimum absolute atomic E-state index is 0.228. The molecule has 0 aliphatic carbocycles. The van der Waals surface area contributed by atoms with E-state index in [1.807, 2.05) is 30.3 Å². The Labute approximate surface area is 141 Å². The zero-order valence-electron chi connectivity index (χ0n) is 12.2. The van der Waals surface area contributed by atoms with Crippen LogP contribution < -0.4 is 10.1 Å². The molecule has 0 saturated carbocycles. The Balaban J connectivity index is 1.88. The minimum atomic E-state index is -0.337. The number of anilines is 1. The zero-order valence-corrected chi connectivity index (χ0v) is 13.8. The molecule has 0 aliphatic heterocycles. The lowest BCUT2D eigenvalue weighted by atomic mass is 10.1. The molecule has 0 unspecified atom stereocenters. The highest BCUT2D eigenvalue weighted by molar-refractivity contribution is 9.10. The molecule has 116 valence electrons. The van der Waals surface area contributed by atoms with E-state index in [1.165, 1.54) is 6.39 Å². The van der Waals surface area contributed by atoms with Gasteiger partial charge < -0.3 is 14.5 Å². The normalized spacial score (nSPS) is 10.3. The van der Waals surface area contributed by atoms with Crippen LogP contribution in [0.25, 0.3) is 11.3 Å². The smallest absolute Gasteiger partial charge is 0.278 e. The maximum Gasteiger partial charge on any atom is 0.278 e. The van der Waals surface area contributed by atoms with Crippen LogP contribution in [-0.4, -0.2) is 18.0 Å². The van der Waals surface area contributed by atoms with Gasteiger partial charge in [0.25, 0.3) is 5.91 Å². The summed E-state index contributed by atoms with van der Waals surface area (Å²) in [6.45, 7) is 0. The molecule has 3 rings (SSSR count). The molecule has 1 aromatic heterocycles. The average Bonchev–Trinajstić information content (AvgIpc) is 3.07. The van der Waals surface area contributed by atoms with Crippen LogP contribution in [0.15, 0.2) is 63.8 Å². The SMILES string of the molecule is COc1ccc(-c2ocnc2C(=O)Nc2ccccc2Br)cc1. The fraction of sp³-hybridized carbons (Fsp3) is 0.0588. The fourth-order valence-electron chi connectivity index (χ4n) is 2.10. The van der Waals surface area contributed by atoms with Gasteiger partial charge in [0.15, 0.2) is 17.8 Å². The number of aromatic nitrogens is 1. The van der Waals surface area contributed by atoms with Crippen LogP contribution >= 0.6 is 15.9 Å². The molecular formula is C17H13BrN2O3. The van der Waals surface area contributed by atoms with E-state index < -0.39 is 0 Å². The van der Waals surface area contributed by atoms with E-state index in [1.54, 1.807) is 25.3 Å². The van der Waals surface area contributed by atoms with Crippen molar-refractivity contribution in [3.05, 3.63) is 65.1 Å². The van der Waals surface area contributed by atoms with Crippen molar-refractivity contribution in [2.24, 2.45) is 0 Å². The van der Waals surface area contributed by atoms with Crippen molar-refractivity contribution >= 4 is 27.5 Å². The van der Waals surface area contributed by atoms with Gasteiger partial charge in [-0.2, -0.15) is 0 Å². The lowest BCUT2D eigenvalue weighted by Gasteiger charge is -2.07. The van der Waals surface area contributed by atoms with E-state index in [-0.39, 0.29) is 11.6 Å². The van der Waals surface area contributed by atoms with Gasteiger partial charge in [-0.1, -0.05) is 12.1 Å². The first-order valence-corrected chi connectivity index (χ1v) is 7.62. The summed E-state index contributed by atoms with van der Waals surface area (Å²) in [7, 11) is 1.60. The van der Waals surface area contributed by atoms with Crippen LogP contribution in [0.1, 0.15) is 10.5 Å². The number of rotatable bonds is 4. The molecule has 6 heteroatoms. The second kappa shape index (κ2) is 6.66. The molecule has 2 aromatic carbocycles. The number of nitrogens with zero attached hydrogens (tertiary/aromatic N) is 1. The molecule has 1 amide bonds. The summed E-state index contributed by atoms with van der Waals surface area (Å²) >= 11 is 3.39. The number of benzene rings is 2. The number of carbonyl (C=O) groups is 1. The number of oxazole rings is 1. The second-order valence-electron chi connectivity index (χ2n) is 4.69. The summed E-state index contributed by atoms with van der Waals surface area (Å²) in [5.74, 6) is 0.807. The van der Waals surface area contributed by atoms with Gasteiger partial charge in [0, 0.05) is 10.0 Å².